The number of fused-ring (bicyclic) bond motifs is 3. The summed E-state index contributed by atoms with van der Waals surface area (Å²) in [5.74, 6) is 0.632. The van der Waals surface area contributed by atoms with Crippen molar-refractivity contribution in [3.8, 4) is 0 Å². The predicted molar refractivity (Wildman–Crippen MR) is 54.0 cm³/mol. The fourth-order valence-corrected chi connectivity index (χ4v) is 2.48. The normalized spacial score (nSPS) is 35.6. The molecule has 3 aliphatic rings. The van der Waals surface area contributed by atoms with Crippen molar-refractivity contribution in [2.75, 3.05) is 19.6 Å². The first kappa shape index (κ1) is 9.97. The molecule has 14 heavy (non-hydrogen) atoms. The van der Waals surface area contributed by atoms with Crippen molar-refractivity contribution in [2.45, 2.75) is 38.7 Å². The molecular weight excluding hydrogens is 178 g/mol. The highest BCUT2D eigenvalue weighted by Gasteiger charge is 2.36. The lowest BCUT2D eigenvalue weighted by molar-refractivity contribution is -0.158. The average Bonchev–Trinajstić information content (AvgIpc) is 2.19. The van der Waals surface area contributed by atoms with Crippen LogP contribution in [0.15, 0.2) is 0 Å². The first-order valence-corrected chi connectivity index (χ1v) is 5.71. The maximum absolute atomic E-state index is 11.3. The van der Waals surface area contributed by atoms with Crippen molar-refractivity contribution in [1.29, 1.82) is 0 Å². The SMILES string of the molecule is CCCC(=O)OC1CN2CCC1CC2. The van der Waals surface area contributed by atoms with Gasteiger partial charge in [0, 0.05) is 13.0 Å². The van der Waals surface area contributed by atoms with Gasteiger partial charge in [0.05, 0.1) is 0 Å². The Balaban J connectivity index is 1.83. The van der Waals surface area contributed by atoms with Crippen molar-refractivity contribution in [3.63, 3.8) is 0 Å². The minimum Gasteiger partial charge on any atom is -0.461 e. The number of esters is 1. The van der Waals surface area contributed by atoms with Gasteiger partial charge in [-0.15, -0.1) is 0 Å². The van der Waals surface area contributed by atoms with E-state index >= 15 is 0 Å². The van der Waals surface area contributed by atoms with Crippen LogP contribution in [0.1, 0.15) is 32.6 Å². The average molecular weight is 197 g/mol. The van der Waals surface area contributed by atoms with Crippen LogP contribution >= 0.6 is 0 Å². The summed E-state index contributed by atoms with van der Waals surface area (Å²) in [7, 11) is 0. The second-order valence-electron chi connectivity index (χ2n) is 4.42. The van der Waals surface area contributed by atoms with Crippen LogP contribution in [0.25, 0.3) is 0 Å². The molecule has 3 heteroatoms. The van der Waals surface area contributed by atoms with Crippen LogP contribution in [0.2, 0.25) is 0 Å². The highest BCUT2D eigenvalue weighted by atomic mass is 16.5. The minimum atomic E-state index is -0.00810. The van der Waals surface area contributed by atoms with E-state index in [1.165, 1.54) is 25.9 Å². The topological polar surface area (TPSA) is 29.5 Å². The van der Waals surface area contributed by atoms with Crippen LogP contribution in [-0.4, -0.2) is 36.6 Å². The van der Waals surface area contributed by atoms with E-state index in [0.717, 1.165) is 13.0 Å². The van der Waals surface area contributed by atoms with Crippen LogP contribution < -0.4 is 0 Å². The Morgan fingerprint density at radius 3 is 2.64 bits per heavy atom. The molecule has 2 bridgehead atoms. The van der Waals surface area contributed by atoms with Crippen LogP contribution in [0.4, 0.5) is 0 Å². The Labute approximate surface area is 85.4 Å². The molecule has 3 rings (SSSR count). The molecule has 0 spiro atoms. The first-order valence-electron chi connectivity index (χ1n) is 5.71. The molecule has 0 radical (unpaired) electrons. The van der Waals surface area contributed by atoms with Crippen molar-refractivity contribution >= 4 is 5.97 Å². The van der Waals surface area contributed by atoms with E-state index in [0.29, 0.717) is 12.3 Å². The molecule has 3 saturated heterocycles. The van der Waals surface area contributed by atoms with Crippen molar-refractivity contribution in [2.24, 2.45) is 5.92 Å². The van der Waals surface area contributed by atoms with Crippen LogP contribution in [-0.2, 0) is 9.53 Å². The lowest BCUT2D eigenvalue weighted by Gasteiger charge is -2.43. The largest absolute Gasteiger partial charge is 0.461 e. The molecule has 1 unspecified atom stereocenters. The van der Waals surface area contributed by atoms with Gasteiger partial charge in [0.1, 0.15) is 6.10 Å². The fraction of sp³-hybridized carbons (Fsp3) is 0.909. The van der Waals surface area contributed by atoms with E-state index in [9.17, 15) is 4.79 Å². The van der Waals surface area contributed by atoms with Crippen LogP contribution in [0.3, 0.4) is 0 Å². The van der Waals surface area contributed by atoms with E-state index < -0.39 is 0 Å². The standard InChI is InChI=1S/C11H19NO2/c1-2-3-11(13)14-10-8-12-6-4-9(10)5-7-12/h9-10H,2-8H2,1H3. The van der Waals surface area contributed by atoms with Gasteiger partial charge in [-0.05, 0) is 38.3 Å². The fourth-order valence-electron chi connectivity index (χ4n) is 2.48. The number of hydrogen-bond acceptors (Lipinski definition) is 3. The molecule has 80 valence electrons. The summed E-state index contributed by atoms with van der Waals surface area (Å²) in [5, 5.41) is 0. The Bertz CT molecular complexity index is 209. The van der Waals surface area contributed by atoms with Gasteiger partial charge in [-0.25, -0.2) is 0 Å². The Hall–Kier alpha value is -0.570. The van der Waals surface area contributed by atoms with Gasteiger partial charge in [-0.2, -0.15) is 0 Å². The molecular formula is C11H19NO2. The highest BCUT2D eigenvalue weighted by molar-refractivity contribution is 5.69. The first-order chi connectivity index (χ1) is 6.79. The quantitative estimate of drug-likeness (QED) is 0.641. The van der Waals surface area contributed by atoms with Gasteiger partial charge in [0.15, 0.2) is 0 Å². The Morgan fingerprint density at radius 1 is 1.43 bits per heavy atom. The summed E-state index contributed by atoms with van der Waals surface area (Å²) in [6.45, 7) is 5.39. The molecule has 3 nitrogen and oxygen atoms in total. The van der Waals surface area contributed by atoms with Gasteiger partial charge < -0.3 is 4.74 Å². The molecule has 0 aromatic carbocycles. The number of nitrogens with zero attached hydrogens (tertiary/aromatic N) is 1. The third kappa shape index (κ3) is 2.08. The lowest BCUT2D eigenvalue weighted by Crippen LogP contribution is -2.51. The van der Waals surface area contributed by atoms with Crippen LogP contribution in [0.5, 0.6) is 0 Å². The third-order valence-corrected chi connectivity index (χ3v) is 3.33. The molecule has 3 aliphatic heterocycles. The zero-order valence-electron chi connectivity index (χ0n) is 8.87. The molecule has 0 aromatic rings. The highest BCUT2D eigenvalue weighted by Crippen LogP contribution is 2.29. The summed E-state index contributed by atoms with van der Waals surface area (Å²) >= 11 is 0. The summed E-state index contributed by atoms with van der Waals surface area (Å²) in [5.41, 5.74) is 0. The summed E-state index contributed by atoms with van der Waals surface area (Å²) in [4.78, 5) is 13.8. The molecule has 3 heterocycles. The number of rotatable bonds is 3. The molecule has 0 aromatic heterocycles. The number of hydrogen-bond donors (Lipinski definition) is 0. The van der Waals surface area contributed by atoms with E-state index in [-0.39, 0.29) is 12.1 Å². The Morgan fingerprint density at radius 2 is 2.14 bits per heavy atom. The second kappa shape index (κ2) is 4.30. The van der Waals surface area contributed by atoms with Crippen molar-refractivity contribution in [3.05, 3.63) is 0 Å². The van der Waals surface area contributed by atoms with Gasteiger partial charge in [0.2, 0.25) is 0 Å². The monoisotopic (exact) mass is 197 g/mol. The molecule has 0 N–H and O–H groups in total. The number of piperidine rings is 3. The van der Waals surface area contributed by atoms with Gasteiger partial charge >= 0.3 is 5.97 Å². The predicted octanol–water partition coefficient (Wildman–Crippen LogP) is 1.42. The van der Waals surface area contributed by atoms with Crippen LogP contribution in [0, 0.1) is 5.92 Å². The van der Waals surface area contributed by atoms with Gasteiger partial charge in [0.25, 0.3) is 0 Å². The maximum Gasteiger partial charge on any atom is 0.306 e. The minimum absolute atomic E-state index is 0.00810. The summed E-state index contributed by atoms with van der Waals surface area (Å²) < 4.78 is 5.49. The smallest absolute Gasteiger partial charge is 0.306 e. The maximum atomic E-state index is 11.3. The van der Waals surface area contributed by atoms with E-state index in [2.05, 4.69) is 4.90 Å². The Kier molecular flexibility index (Phi) is 3.06. The molecule has 0 saturated carbocycles. The molecule has 3 fully saturated rings. The van der Waals surface area contributed by atoms with Crippen molar-refractivity contribution in [1.82, 2.24) is 4.90 Å². The van der Waals surface area contributed by atoms with E-state index in [1.54, 1.807) is 0 Å². The zero-order chi connectivity index (χ0) is 9.97. The number of carbonyl (C=O) groups is 1. The zero-order valence-corrected chi connectivity index (χ0v) is 8.87. The van der Waals surface area contributed by atoms with Gasteiger partial charge in [-0.3, -0.25) is 9.69 Å². The van der Waals surface area contributed by atoms with Crippen molar-refractivity contribution < 1.29 is 9.53 Å². The summed E-state index contributed by atoms with van der Waals surface area (Å²) in [6.07, 6.45) is 4.08. The molecule has 1 atom stereocenters. The summed E-state index contributed by atoms with van der Waals surface area (Å²) in [6, 6.07) is 0. The lowest BCUT2D eigenvalue weighted by atomic mass is 9.86. The molecule has 0 amide bonds. The van der Waals surface area contributed by atoms with E-state index in [4.69, 9.17) is 4.74 Å². The third-order valence-electron chi connectivity index (χ3n) is 3.33. The number of ether oxygens (including phenoxy) is 1. The van der Waals surface area contributed by atoms with E-state index in [1.807, 2.05) is 6.92 Å². The second-order valence-corrected chi connectivity index (χ2v) is 4.42. The number of carbonyl (C=O) groups excluding carboxylic acids is 1. The molecule has 0 aliphatic carbocycles. The van der Waals surface area contributed by atoms with Gasteiger partial charge in [-0.1, -0.05) is 6.92 Å².